The molecule has 1 aromatic rings. The molecule has 100 valence electrons. The molecule has 2 atom stereocenters. The third-order valence-corrected chi connectivity index (χ3v) is 5.25. The second-order valence-corrected chi connectivity index (χ2v) is 7.55. The quantitative estimate of drug-likeness (QED) is 0.894. The Morgan fingerprint density at radius 2 is 2.06 bits per heavy atom. The fourth-order valence-corrected chi connectivity index (χ4v) is 3.75. The van der Waals surface area contributed by atoms with E-state index in [1.54, 1.807) is 11.3 Å². The summed E-state index contributed by atoms with van der Waals surface area (Å²) in [5, 5.41) is 3.46. The SMILES string of the molecule is CC(C)(C)c1nc(C2C(N)CCN2C2CC2)cs1. The molecule has 0 bridgehead atoms. The van der Waals surface area contributed by atoms with Gasteiger partial charge in [-0.2, -0.15) is 0 Å². The number of hydrogen-bond donors (Lipinski definition) is 1. The van der Waals surface area contributed by atoms with Crippen molar-refractivity contribution in [1.82, 2.24) is 9.88 Å². The lowest BCUT2D eigenvalue weighted by atomic mass is 9.98. The van der Waals surface area contributed by atoms with Crippen LogP contribution >= 0.6 is 11.3 Å². The Morgan fingerprint density at radius 1 is 1.33 bits per heavy atom. The number of rotatable bonds is 2. The van der Waals surface area contributed by atoms with Gasteiger partial charge < -0.3 is 5.73 Å². The minimum atomic E-state index is 0.149. The van der Waals surface area contributed by atoms with E-state index in [1.165, 1.54) is 23.5 Å². The van der Waals surface area contributed by atoms with Crippen molar-refractivity contribution in [1.29, 1.82) is 0 Å². The van der Waals surface area contributed by atoms with Gasteiger partial charge in [0.05, 0.1) is 16.7 Å². The predicted molar refractivity (Wildman–Crippen MR) is 75.9 cm³/mol. The summed E-state index contributed by atoms with van der Waals surface area (Å²) in [5.74, 6) is 0. The van der Waals surface area contributed by atoms with Crippen LogP contribution in [0.1, 0.15) is 56.8 Å². The molecular formula is C14H23N3S. The highest BCUT2D eigenvalue weighted by atomic mass is 32.1. The molecule has 1 aromatic heterocycles. The summed E-state index contributed by atoms with van der Waals surface area (Å²) in [7, 11) is 0. The maximum absolute atomic E-state index is 6.31. The Hall–Kier alpha value is -0.450. The zero-order valence-corrected chi connectivity index (χ0v) is 12.3. The number of nitrogens with zero attached hydrogens (tertiary/aromatic N) is 2. The fraction of sp³-hybridized carbons (Fsp3) is 0.786. The van der Waals surface area contributed by atoms with Crippen molar-refractivity contribution in [2.45, 2.75) is 63.6 Å². The second-order valence-electron chi connectivity index (χ2n) is 6.69. The van der Waals surface area contributed by atoms with E-state index >= 15 is 0 Å². The van der Waals surface area contributed by atoms with E-state index in [0.717, 1.165) is 19.0 Å². The van der Waals surface area contributed by atoms with E-state index in [2.05, 4.69) is 31.1 Å². The highest BCUT2D eigenvalue weighted by molar-refractivity contribution is 7.09. The lowest BCUT2D eigenvalue weighted by Gasteiger charge is -2.25. The average Bonchev–Trinajstić information content (AvgIpc) is 2.86. The van der Waals surface area contributed by atoms with Crippen molar-refractivity contribution in [2.75, 3.05) is 6.54 Å². The monoisotopic (exact) mass is 265 g/mol. The molecule has 0 spiro atoms. The molecule has 2 aliphatic rings. The van der Waals surface area contributed by atoms with Crippen molar-refractivity contribution < 1.29 is 0 Å². The van der Waals surface area contributed by atoms with E-state index in [1.807, 2.05) is 0 Å². The Morgan fingerprint density at radius 3 is 2.61 bits per heavy atom. The molecule has 1 saturated heterocycles. The summed E-state index contributed by atoms with van der Waals surface area (Å²) in [6.45, 7) is 7.83. The minimum Gasteiger partial charge on any atom is -0.326 e. The molecule has 2 heterocycles. The topological polar surface area (TPSA) is 42.1 Å². The van der Waals surface area contributed by atoms with Crippen LogP contribution in [0.2, 0.25) is 0 Å². The third-order valence-electron chi connectivity index (χ3n) is 3.97. The fourth-order valence-electron chi connectivity index (χ4n) is 2.81. The van der Waals surface area contributed by atoms with E-state index in [-0.39, 0.29) is 11.5 Å². The van der Waals surface area contributed by atoms with Crippen molar-refractivity contribution in [3.05, 3.63) is 16.1 Å². The molecule has 2 unspecified atom stereocenters. The standard InChI is InChI=1S/C14H23N3S/c1-14(2,3)13-16-11(8-18-13)12-10(15)6-7-17(12)9-4-5-9/h8-10,12H,4-7,15H2,1-3H3. The molecule has 2 N–H and O–H groups in total. The summed E-state index contributed by atoms with van der Waals surface area (Å²) >= 11 is 1.79. The van der Waals surface area contributed by atoms with Gasteiger partial charge in [0, 0.05) is 29.4 Å². The highest BCUT2D eigenvalue weighted by Crippen LogP contribution is 2.41. The van der Waals surface area contributed by atoms with Gasteiger partial charge in [0.2, 0.25) is 0 Å². The molecule has 0 radical (unpaired) electrons. The van der Waals surface area contributed by atoms with E-state index in [0.29, 0.717) is 6.04 Å². The molecule has 2 fully saturated rings. The van der Waals surface area contributed by atoms with Gasteiger partial charge in [0.15, 0.2) is 0 Å². The Bertz CT molecular complexity index is 430. The number of likely N-dealkylation sites (tertiary alicyclic amines) is 1. The predicted octanol–water partition coefficient (Wildman–Crippen LogP) is 2.68. The van der Waals surface area contributed by atoms with Crippen LogP contribution in [0.25, 0.3) is 0 Å². The van der Waals surface area contributed by atoms with Gasteiger partial charge >= 0.3 is 0 Å². The molecular weight excluding hydrogens is 242 g/mol. The Labute approximate surface area is 113 Å². The van der Waals surface area contributed by atoms with Crippen LogP contribution in [0.4, 0.5) is 0 Å². The average molecular weight is 265 g/mol. The number of thiazole rings is 1. The largest absolute Gasteiger partial charge is 0.326 e. The second kappa shape index (κ2) is 4.29. The number of aromatic nitrogens is 1. The van der Waals surface area contributed by atoms with Gasteiger partial charge in [-0.15, -0.1) is 11.3 Å². The Kier molecular flexibility index (Phi) is 3.00. The summed E-state index contributed by atoms with van der Waals surface area (Å²) < 4.78 is 0. The lowest BCUT2D eigenvalue weighted by molar-refractivity contribution is 0.233. The van der Waals surface area contributed by atoms with Crippen LogP contribution < -0.4 is 5.73 Å². The van der Waals surface area contributed by atoms with Crippen LogP contribution in [0.5, 0.6) is 0 Å². The van der Waals surface area contributed by atoms with Gasteiger partial charge in [-0.3, -0.25) is 4.90 Å². The van der Waals surface area contributed by atoms with Crippen molar-refractivity contribution in [2.24, 2.45) is 5.73 Å². The van der Waals surface area contributed by atoms with Crippen LogP contribution in [0.3, 0.4) is 0 Å². The van der Waals surface area contributed by atoms with Gasteiger partial charge in [-0.05, 0) is 19.3 Å². The first-order chi connectivity index (χ1) is 8.47. The molecule has 3 rings (SSSR count). The maximum Gasteiger partial charge on any atom is 0.0982 e. The van der Waals surface area contributed by atoms with Gasteiger partial charge in [-0.25, -0.2) is 4.98 Å². The molecule has 1 aliphatic carbocycles. The van der Waals surface area contributed by atoms with Crippen LogP contribution in [0, 0.1) is 0 Å². The third kappa shape index (κ3) is 2.22. The van der Waals surface area contributed by atoms with Crippen molar-refractivity contribution in [3.8, 4) is 0 Å². The molecule has 1 saturated carbocycles. The van der Waals surface area contributed by atoms with Crippen LogP contribution in [0.15, 0.2) is 5.38 Å². The van der Waals surface area contributed by atoms with Crippen LogP contribution in [-0.4, -0.2) is 28.5 Å². The van der Waals surface area contributed by atoms with E-state index in [9.17, 15) is 0 Å². The first kappa shape index (κ1) is 12.6. The van der Waals surface area contributed by atoms with Gasteiger partial charge in [-0.1, -0.05) is 20.8 Å². The van der Waals surface area contributed by atoms with Gasteiger partial charge in [0.25, 0.3) is 0 Å². The molecule has 1 aliphatic heterocycles. The zero-order valence-electron chi connectivity index (χ0n) is 11.5. The number of hydrogen-bond acceptors (Lipinski definition) is 4. The highest BCUT2D eigenvalue weighted by Gasteiger charge is 2.42. The molecule has 4 heteroatoms. The molecule has 3 nitrogen and oxygen atoms in total. The van der Waals surface area contributed by atoms with Crippen molar-refractivity contribution in [3.63, 3.8) is 0 Å². The minimum absolute atomic E-state index is 0.149. The Balaban J connectivity index is 1.86. The van der Waals surface area contributed by atoms with E-state index < -0.39 is 0 Å². The molecule has 0 amide bonds. The number of nitrogens with two attached hydrogens (primary N) is 1. The summed E-state index contributed by atoms with van der Waals surface area (Å²) in [4.78, 5) is 7.46. The molecule has 0 aromatic carbocycles. The first-order valence-corrected chi connectivity index (χ1v) is 7.82. The van der Waals surface area contributed by atoms with E-state index in [4.69, 9.17) is 10.7 Å². The first-order valence-electron chi connectivity index (χ1n) is 6.94. The normalized spacial score (nSPS) is 30.0. The van der Waals surface area contributed by atoms with Gasteiger partial charge in [0.1, 0.15) is 0 Å². The maximum atomic E-state index is 6.31. The summed E-state index contributed by atoms with van der Waals surface area (Å²) in [6.07, 6.45) is 3.81. The summed E-state index contributed by atoms with van der Waals surface area (Å²) in [5.41, 5.74) is 7.67. The lowest BCUT2D eigenvalue weighted by Crippen LogP contribution is -2.33. The van der Waals surface area contributed by atoms with Crippen molar-refractivity contribution >= 4 is 11.3 Å². The smallest absolute Gasteiger partial charge is 0.0982 e. The van der Waals surface area contributed by atoms with Crippen LogP contribution in [-0.2, 0) is 5.41 Å². The zero-order chi connectivity index (χ0) is 12.9. The molecule has 18 heavy (non-hydrogen) atoms. The summed E-state index contributed by atoms with van der Waals surface area (Å²) in [6, 6.07) is 1.41.